The molecule has 0 radical (unpaired) electrons. The number of nitrogens with zero attached hydrogens (tertiary/aromatic N) is 3. The lowest BCUT2D eigenvalue weighted by Crippen LogP contribution is -2.36. The quantitative estimate of drug-likeness (QED) is 0.917. The molecule has 1 aromatic heterocycles. The fourth-order valence-electron chi connectivity index (χ4n) is 3.72. The van der Waals surface area contributed by atoms with E-state index < -0.39 is 0 Å². The maximum atomic E-state index is 12.7. The zero-order chi connectivity index (χ0) is 18.3. The van der Waals surface area contributed by atoms with Crippen molar-refractivity contribution in [2.45, 2.75) is 39.2 Å². The van der Waals surface area contributed by atoms with E-state index in [-0.39, 0.29) is 11.8 Å². The molecule has 26 heavy (non-hydrogen) atoms. The third kappa shape index (κ3) is 2.81. The molecule has 6 nitrogen and oxygen atoms in total. The van der Waals surface area contributed by atoms with E-state index in [1.165, 1.54) is 0 Å². The summed E-state index contributed by atoms with van der Waals surface area (Å²) >= 11 is 0. The van der Waals surface area contributed by atoms with Crippen LogP contribution in [0.1, 0.15) is 42.3 Å². The summed E-state index contributed by atoms with van der Waals surface area (Å²) in [7, 11) is 1.65. The third-order valence-corrected chi connectivity index (χ3v) is 4.86. The van der Waals surface area contributed by atoms with E-state index in [1.807, 2.05) is 49.2 Å². The number of allylic oxidation sites excluding steroid dienone is 1. The minimum absolute atomic E-state index is 0.200. The molecule has 1 N–H and O–H groups in total. The Morgan fingerprint density at radius 3 is 2.46 bits per heavy atom. The van der Waals surface area contributed by atoms with Crippen molar-refractivity contribution >= 4 is 11.7 Å². The zero-order valence-corrected chi connectivity index (χ0v) is 15.2. The van der Waals surface area contributed by atoms with E-state index in [0.717, 1.165) is 46.8 Å². The number of hydrogen-bond acceptors (Lipinski definition) is 6. The second-order valence-electron chi connectivity index (χ2n) is 6.78. The molecule has 2 aliphatic rings. The van der Waals surface area contributed by atoms with Gasteiger partial charge in [-0.25, -0.2) is 15.0 Å². The van der Waals surface area contributed by atoms with Gasteiger partial charge in [0.25, 0.3) is 0 Å². The Kier molecular flexibility index (Phi) is 4.11. The van der Waals surface area contributed by atoms with Crippen LogP contribution in [0, 0.1) is 13.8 Å². The number of ketones is 1. The van der Waals surface area contributed by atoms with Crippen LogP contribution in [0.4, 0.5) is 5.95 Å². The molecule has 6 heteroatoms. The fourth-order valence-corrected chi connectivity index (χ4v) is 3.72. The Bertz CT molecular complexity index is 869. The van der Waals surface area contributed by atoms with Gasteiger partial charge in [-0.1, -0.05) is 12.1 Å². The van der Waals surface area contributed by atoms with E-state index in [2.05, 4.69) is 15.4 Å². The number of anilines is 1. The lowest BCUT2D eigenvalue weighted by Gasteiger charge is -2.27. The van der Waals surface area contributed by atoms with Crippen molar-refractivity contribution in [1.82, 2.24) is 15.4 Å². The van der Waals surface area contributed by atoms with Crippen LogP contribution in [0.25, 0.3) is 0 Å². The molecule has 1 aliphatic carbocycles. The minimum Gasteiger partial charge on any atom is -0.497 e. The number of nitrogens with one attached hydrogen (secondary N) is 1. The van der Waals surface area contributed by atoms with Crippen LogP contribution in [0.15, 0.2) is 41.6 Å². The Labute approximate surface area is 152 Å². The molecule has 134 valence electrons. The fraction of sp³-hybridized carbons (Fsp3) is 0.350. The van der Waals surface area contributed by atoms with Crippen LogP contribution in [0.3, 0.4) is 0 Å². The van der Waals surface area contributed by atoms with Crippen molar-refractivity contribution < 1.29 is 9.53 Å². The highest BCUT2D eigenvalue weighted by atomic mass is 16.5. The molecule has 0 saturated heterocycles. The van der Waals surface area contributed by atoms with Gasteiger partial charge in [-0.05, 0) is 50.5 Å². The van der Waals surface area contributed by atoms with Gasteiger partial charge in [0.2, 0.25) is 5.95 Å². The van der Waals surface area contributed by atoms with Crippen molar-refractivity contribution in [1.29, 1.82) is 0 Å². The van der Waals surface area contributed by atoms with Crippen LogP contribution in [-0.4, -0.2) is 22.9 Å². The summed E-state index contributed by atoms with van der Waals surface area (Å²) in [5.74, 6) is 1.58. The first kappa shape index (κ1) is 16.6. The lowest BCUT2D eigenvalue weighted by molar-refractivity contribution is -0.116. The minimum atomic E-state index is -0.232. The predicted octanol–water partition coefficient (Wildman–Crippen LogP) is 3.18. The molecule has 2 aromatic rings. The summed E-state index contributed by atoms with van der Waals surface area (Å²) in [5.41, 5.74) is 8.05. The summed E-state index contributed by atoms with van der Waals surface area (Å²) < 4.78 is 5.27. The SMILES string of the molecule is COc1ccc([C@H]2C3=C(CCCC3=O)NN2c2nc(C)cc(C)n2)cc1. The molecule has 1 atom stereocenters. The van der Waals surface area contributed by atoms with Gasteiger partial charge >= 0.3 is 0 Å². The topological polar surface area (TPSA) is 67.3 Å². The van der Waals surface area contributed by atoms with Gasteiger partial charge in [-0.3, -0.25) is 10.2 Å². The summed E-state index contributed by atoms with van der Waals surface area (Å²) in [6, 6.07) is 9.55. The highest BCUT2D eigenvalue weighted by Gasteiger charge is 2.40. The van der Waals surface area contributed by atoms with Gasteiger partial charge in [0.05, 0.1) is 7.11 Å². The molecule has 0 bridgehead atoms. The predicted molar refractivity (Wildman–Crippen MR) is 98.7 cm³/mol. The van der Waals surface area contributed by atoms with Gasteiger partial charge in [0.15, 0.2) is 5.78 Å². The van der Waals surface area contributed by atoms with Crippen molar-refractivity contribution in [2.75, 3.05) is 12.1 Å². The van der Waals surface area contributed by atoms with Crippen LogP contribution in [0.5, 0.6) is 5.75 Å². The van der Waals surface area contributed by atoms with Crippen LogP contribution >= 0.6 is 0 Å². The Balaban J connectivity index is 1.81. The number of carbonyl (C=O) groups excluding carboxylic acids is 1. The van der Waals surface area contributed by atoms with Gasteiger partial charge in [0, 0.05) is 29.1 Å². The molecule has 1 aromatic carbocycles. The normalized spacial score (nSPS) is 19.4. The Morgan fingerprint density at radius 2 is 1.81 bits per heavy atom. The standard InChI is InChI=1S/C20H22N4O2/c1-12-11-13(2)22-20(21-12)24-19(14-7-9-15(26-3)10-8-14)18-16(23-24)5-4-6-17(18)25/h7-11,19,23H,4-6H2,1-3H3/t19-/m0/s1. The van der Waals surface area contributed by atoms with Crippen molar-refractivity contribution in [2.24, 2.45) is 0 Å². The highest BCUT2D eigenvalue weighted by Crippen LogP contribution is 2.41. The van der Waals surface area contributed by atoms with Gasteiger partial charge in [-0.15, -0.1) is 0 Å². The molecule has 1 aliphatic heterocycles. The van der Waals surface area contributed by atoms with Crippen LogP contribution in [0.2, 0.25) is 0 Å². The van der Waals surface area contributed by atoms with E-state index in [1.54, 1.807) is 7.11 Å². The van der Waals surface area contributed by atoms with Gasteiger partial charge in [-0.2, -0.15) is 0 Å². The Hall–Kier alpha value is -2.89. The van der Waals surface area contributed by atoms with E-state index in [9.17, 15) is 4.79 Å². The Morgan fingerprint density at radius 1 is 1.12 bits per heavy atom. The van der Waals surface area contributed by atoms with Gasteiger partial charge < -0.3 is 4.74 Å². The van der Waals surface area contributed by atoms with Crippen molar-refractivity contribution in [3.63, 3.8) is 0 Å². The molecule has 4 rings (SSSR count). The van der Waals surface area contributed by atoms with Crippen LogP contribution in [-0.2, 0) is 4.79 Å². The average Bonchev–Trinajstić information content (AvgIpc) is 3.02. The number of ether oxygens (including phenoxy) is 1. The number of carbonyl (C=O) groups is 1. The number of benzene rings is 1. The number of aryl methyl sites for hydroxylation is 2. The molecule has 0 spiro atoms. The summed E-state index contributed by atoms with van der Waals surface area (Å²) in [6.45, 7) is 3.91. The lowest BCUT2D eigenvalue weighted by atomic mass is 9.88. The number of hydrazine groups is 1. The first-order valence-corrected chi connectivity index (χ1v) is 8.85. The van der Waals surface area contributed by atoms with Crippen molar-refractivity contribution in [3.8, 4) is 5.75 Å². The van der Waals surface area contributed by atoms with Crippen LogP contribution < -0.4 is 15.2 Å². The highest BCUT2D eigenvalue weighted by molar-refractivity contribution is 5.99. The second-order valence-corrected chi connectivity index (χ2v) is 6.78. The first-order valence-electron chi connectivity index (χ1n) is 8.85. The molecule has 0 unspecified atom stereocenters. The summed E-state index contributed by atoms with van der Waals surface area (Å²) in [6.07, 6.45) is 2.34. The average molecular weight is 350 g/mol. The largest absolute Gasteiger partial charge is 0.497 e. The number of aromatic nitrogens is 2. The molecule has 0 fully saturated rings. The molecule has 0 saturated carbocycles. The maximum Gasteiger partial charge on any atom is 0.245 e. The zero-order valence-electron chi connectivity index (χ0n) is 15.2. The summed E-state index contributed by atoms with van der Waals surface area (Å²) in [5, 5.41) is 1.93. The molecule has 0 amide bonds. The maximum absolute atomic E-state index is 12.7. The smallest absolute Gasteiger partial charge is 0.245 e. The summed E-state index contributed by atoms with van der Waals surface area (Å²) in [4.78, 5) is 21.9. The van der Waals surface area contributed by atoms with E-state index in [0.29, 0.717) is 12.4 Å². The third-order valence-electron chi connectivity index (χ3n) is 4.86. The number of hydrogen-bond donors (Lipinski definition) is 1. The molecular formula is C20H22N4O2. The van der Waals surface area contributed by atoms with E-state index >= 15 is 0 Å². The number of Topliss-reactive ketones (excluding diaryl/α,β-unsaturated/α-hetero) is 1. The molecular weight excluding hydrogens is 328 g/mol. The number of rotatable bonds is 3. The first-order chi connectivity index (χ1) is 12.6. The van der Waals surface area contributed by atoms with Gasteiger partial charge in [0.1, 0.15) is 11.8 Å². The number of methoxy groups -OCH3 is 1. The molecule has 2 heterocycles. The van der Waals surface area contributed by atoms with E-state index in [4.69, 9.17) is 4.74 Å². The second kappa shape index (κ2) is 6.44. The monoisotopic (exact) mass is 350 g/mol. The van der Waals surface area contributed by atoms with Crippen molar-refractivity contribution in [3.05, 3.63) is 58.6 Å².